The summed E-state index contributed by atoms with van der Waals surface area (Å²) in [7, 11) is 0. The van der Waals surface area contributed by atoms with E-state index in [4.69, 9.17) is 9.47 Å². The first-order valence-electron chi connectivity index (χ1n) is 7.04. The lowest BCUT2D eigenvalue weighted by Gasteiger charge is -2.20. The van der Waals surface area contributed by atoms with Crippen molar-refractivity contribution in [3.05, 3.63) is 35.4 Å². The maximum Gasteiger partial charge on any atom is 0.105 e. The average Bonchev–Trinajstić information content (AvgIpc) is 2.42. The molecule has 0 aliphatic carbocycles. The van der Waals surface area contributed by atoms with Gasteiger partial charge in [-0.3, -0.25) is 0 Å². The van der Waals surface area contributed by atoms with Crippen LogP contribution in [0.15, 0.2) is 24.3 Å². The van der Waals surface area contributed by atoms with Crippen LogP contribution < -0.4 is 0 Å². The molecule has 0 bridgehead atoms. The number of hydrogen-bond acceptors (Lipinski definition) is 3. The third-order valence-corrected chi connectivity index (χ3v) is 3.09. The number of aryl methyl sites for hydroxylation is 1. The summed E-state index contributed by atoms with van der Waals surface area (Å²) in [6.07, 6.45) is 0.397. The average molecular weight is 266 g/mol. The molecule has 0 spiro atoms. The van der Waals surface area contributed by atoms with Crippen molar-refractivity contribution in [1.29, 1.82) is 0 Å². The predicted octanol–water partition coefficient (Wildman–Crippen LogP) is 3.11. The van der Waals surface area contributed by atoms with Gasteiger partial charge in [-0.25, -0.2) is 0 Å². The molecule has 0 fully saturated rings. The highest BCUT2D eigenvalue weighted by Crippen LogP contribution is 2.19. The summed E-state index contributed by atoms with van der Waals surface area (Å²) in [5, 5.41) is 10.2. The van der Waals surface area contributed by atoms with Crippen LogP contribution in [0.1, 0.15) is 44.9 Å². The van der Waals surface area contributed by atoms with Gasteiger partial charge in [0.1, 0.15) is 6.10 Å². The largest absolute Gasteiger partial charge is 0.386 e. The molecule has 0 saturated carbocycles. The first-order valence-corrected chi connectivity index (χ1v) is 7.04. The van der Waals surface area contributed by atoms with Crippen molar-refractivity contribution in [3.8, 4) is 0 Å². The first kappa shape index (κ1) is 16.2. The van der Waals surface area contributed by atoms with Crippen LogP contribution in [0.5, 0.6) is 0 Å². The van der Waals surface area contributed by atoms with Crippen molar-refractivity contribution in [2.45, 2.75) is 52.4 Å². The fraction of sp³-hybridized carbons (Fsp3) is 0.625. The predicted molar refractivity (Wildman–Crippen MR) is 77.3 cm³/mol. The Kier molecular flexibility index (Phi) is 7.06. The Bertz CT molecular complexity index is 346. The van der Waals surface area contributed by atoms with E-state index in [1.165, 1.54) is 5.56 Å². The number of hydrogen-bond donors (Lipinski definition) is 1. The van der Waals surface area contributed by atoms with Crippen molar-refractivity contribution in [2.75, 3.05) is 13.2 Å². The van der Waals surface area contributed by atoms with E-state index in [-0.39, 0.29) is 12.2 Å². The van der Waals surface area contributed by atoms with E-state index >= 15 is 0 Å². The smallest absolute Gasteiger partial charge is 0.105 e. The standard InChI is InChI=1S/C16H26O3/c1-5-14-6-8-15(9-7-14)16(17)13(4)19-11-10-18-12(2)3/h6-9,12-13,16-17H,5,10-11H2,1-4H3. The molecule has 2 unspecified atom stereocenters. The van der Waals surface area contributed by atoms with Gasteiger partial charge in [-0.2, -0.15) is 0 Å². The topological polar surface area (TPSA) is 38.7 Å². The fourth-order valence-corrected chi connectivity index (χ4v) is 1.83. The van der Waals surface area contributed by atoms with E-state index in [1.54, 1.807) is 0 Å². The molecule has 1 rings (SSSR count). The van der Waals surface area contributed by atoms with Crippen LogP contribution >= 0.6 is 0 Å². The molecular formula is C16H26O3. The minimum absolute atomic E-state index is 0.213. The van der Waals surface area contributed by atoms with Crippen LogP contribution in [0.3, 0.4) is 0 Å². The molecule has 0 radical (unpaired) electrons. The zero-order valence-corrected chi connectivity index (χ0v) is 12.4. The summed E-state index contributed by atoms with van der Waals surface area (Å²) >= 11 is 0. The van der Waals surface area contributed by atoms with Gasteiger partial charge >= 0.3 is 0 Å². The number of aliphatic hydroxyl groups is 1. The van der Waals surface area contributed by atoms with E-state index < -0.39 is 6.10 Å². The lowest BCUT2D eigenvalue weighted by atomic mass is 10.0. The SMILES string of the molecule is CCc1ccc(C(O)C(C)OCCOC(C)C)cc1. The van der Waals surface area contributed by atoms with Crippen molar-refractivity contribution < 1.29 is 14.6 Å². The van der Waals surface area contributed by atoms with Crippen LogP contribution in [0, 0.1) is 0 Å². The molecule has 1 aromatic carbocycles. The Hall–Kier alpha value is -0.900. The van der Waals surface area contributed by atoms with Gasteiger partial charge in [-0.05, 0) is 38.3 Å². The number of ether oxygens (including phenoxy) is 2. The van der Waals surface area contributed by atoms with Crippen molar-refractivity contribution in [2.24, 2.45) is 0 Å². The van der Waals surface area contributed by atoms with E-state index in [1.807, 2.05) is 45.0 Å². The first-order chi connectivity index (χ1) is 9.04. The van der Waals surface area contributed by atoms with Crippen molar-refractivity contribution >= 4 is 0 Å². The fourth-order valence-electron chi connectivity index (χ4n) is 1.83. The van der Waals surface area contributed by atoms with Crippen LogP contribution in [-0.2, 0) is 15.9 Å². The maximum atomic E-state index is 10.2. The summed E-state index contributed by atoms with van der Waals surface area (Å²) in [6.45, 7) is 9.05. The minimum Gasteiger partial charge on any atom is -0.386 e. The molecule has 2 atom stereocenters. The molecule has 0 aliphatic rings. The Balaban J connectivity index is 2.40. The molecule has 108 valence electrons. The van der Waals surface area contributed by atoms with Crippen molar-refractivity contribution in [1.82, 2.24) is 0 Å². The summed E-state index contributed by atoms with van der Waals surface area (Å²) < 4.78 is 11.0. The number of benzene rings is 1. The Morgan fingerprint density at radius 2 is 1.58 bits per heavy atom. The van der Waals surface area contributed by atoms with Crippen LogP contribution in [0.2, 0.25) is 0 Å². The highest BCUT2D eigenvalue weighted by molar-refractivity contribution is 5.24. The maximum absolute atomic E-state index is 10.2. The molecule has 0 amide bonds. The molecule has 3 nitrogen and oxygen atoms in total. The van der Waals surface area contributed by atoms with Gasteiger partial charge in [0.05, 0.1) is 25.4 Å². The summed E-state index contributed by atoms with van der Waals surface area (Å²) in [5.41, 5.74) is 2.17. The Labute approximate surface area is 116 Å². The van der Waals surface area contributed by atoms with Gasteiger partial charge in [-0.15, -0.1) is 0 Å². The van der Waals surface area contributed by atoms with E-state index in [0.717, 1.165) is 12.0 Å². The van der Waals surface area contributed by atoms with Crippen LogP contribution in [0.4, 0.5) is 0 Å². The molecule has 1 aromatic rings. The molecule has 3 heteroatoms. The minimum atomic E-state index is -0.593. The van der Waals surface area contributed by atoms with Gasteiger partial charge in [0.15, 0.2) is 0 Å². The Morgan fingerprint density at radius 3 is 2.11 bits per heavy atom. The van der Waals surface area contributed by atoms with E-state index in [0.29, 0.717) is 13.2 Å². The molecule has 0 heterocycles. The lowest BCUT2D eigenvalue weighted by molar-refractivity contribution is -0.0555. The second-order valence-corrected chi connectivity index (χ2v) is 5.04. The monoisotopic (exact) mass is 266 g/mol. The molecular weight excluding hydrogens is 240 g/mol. The molecule has 0 aromatic heterocycles. The van der Waals surface area contributed by atoms with Gasteiger partial charge < -0.3 is 14.6 Å². The molecule has 0 saturated heterocycles. The van der Waals surface area contributed by atoms with Crippen LogP contribution in [-0.4, -0.2) is 30.5 Å². The van der Waals surface area contributed by atoms with E-state index in [9.17, 15) is 5.11 Å². The second kappa shape index (κ2) is 8.31. The van der Waals surface area contributed by atoms with Crippen molar-refractivity contribution in [3.63, 3.8) is 0 Å². The third kappa shape index (κ3) is 5.72. The normalized spacial score (nSPS) is 14.6. The number of aliphatic hydroxyl groups excluding tert-OH is 1. The molecule has 19 heavy (non-hydrogen) atoms. The summed E-state index contributed by atoms with van der Waals surface area (Å²) in [4.78, 5) is 0. The zero-order valence-electron chi connectivity index (χ0n) is 12.4. The number of rotatable bonds is 8. The summed E-state index contributed by atoms with van der Waals surface area (Å²) in [6, 6.07) is 8.03. The molecule has 1 N–H and O–H groups in total. The zero-order chi connectivity index (χ0) is 14.3. The van der Waals surface area contributed by atoms with Gasteiger partial charge in [-0.1, -0.05) is 31.2 Å². The summed E-state index contributed by atoms with van der Waals surface area (Å²) in [5.74, 6) is 0. The second-order valence-electron chi connectivity index (χ2n) is 5.04. The van der Waals surface area contributed by atoms with E-state index in [2.05, 4.69) is 6.92 Å². The Morgan fingerprint density at radius 1 is 1.00 bits per heavy atom. The van der Waals surface area contributed by atoms with Gasteiger partial charge in [0.25, 0.3) is 0 Å². The molecule has 0 aliphatic heterocycles. The lowest BCUT2D eigenvalue weighted by Crippen LogP contribution is -2.21. The highest BCUT2D eigenvalue weighted by atomic mass is 16.5. The van der Waals surface area contributed by atoms with Gasteiger partial charge in [0.2, 0.25) is 0 Å². The third-order valence-electron chi connectivity index (χ3n) is 3.09. The quantitative estimate of drug-likeness (QED) is 0.735. The highest BCUT2D eigenvalue weighted by Gasteiger charge is 2.16. The van der Waals surface area contributed by atoms with Gasteiger partial charge in [0, 0.05) is 0 Å². The van der Waals surface area contributed by atoms with Crippen LogP contribution in [0.25, 0.3) is 0 Å².